The van der Waals surface area contributed by atoms with E-state index in [4.69, 9.17) is 0 Å². The lowest BCUT2D eigenvalue weighted by Gasteiger charge is -1.93. The summed E-state index contributed by atoms with van der Waals surface area (Å²) in [5.41, 5.74) is 2.11. The minimum atomic E-state index is 1.03. The monoisotopic (exact) mass is 131 g/mol. The maximum absolute atomic E-state index is 4.22. The van der Waals surface area contributed by atoms with E-state index in [0.717, 1.165) is 11.2 Å². The van der Waals surface area contributed by atoms with Gasteiger partial charge in [0.15, 0.2) is 0 Å². The molecule has 0 unspecified atom stereocenters. The molecule has 2 nitrogen and oxygen atoms in total. The van der Waals surface area contributed by atoms with Crippen molar-refractivity contribution in [3.63, 3.8) is 0 Å². The Balaban J connectivity index is 2.86. The van der Waals surface area contributed by atoms with Crippen molar-refractivity contribution in [3.05, 3.63) is 36.2 Å². The standard InChI is InChI=1S/C8H7N2/c1-7-4-5-8-3-2-6-10(8)9-7/h3-6H,1H3. The van der Waals surface area contributed by atoms with Crippen LogP contribution >= 0.6 is 0 Å². The van der Waals surface area contributed by atoms with E-state index < -0.39 is 0 Å². The zero-order valence-corrected chi connectivity index (χ0v) is 5.70. The molecular weight excluding hydrogens is 124 g/mol. The van der Waals surface area contributed by atoms with Crippen LogP contribution in [0.4, 0.5) is 0 Å². The molecule has 0 amide bonds. The summed E-state index contributed by atoms with van der Waals surface area (Å²) in [4.78, 5) is 0. The molecule has 0 N–H and O–H groups in total. The van der Waals surface area contributed by atoms with Crippen LogP contribution < -0.4 is 0 Å². The molecule has 2 heteroatoms. The Morgan fingerprint density at radius 3 is 3.30 bits per heavy atom. The molecule has 0 aliphatic carbocycles. The van der Waals surface area contributed by atoms with Crippen LogP contribution in [0.25, 0.3) is 5.52 Å². The largest absolute Gasteiger partial charge is 0.240 e. The highest BCUT2D eigenvalue weighted by atomic mass is 15.2. The number of hydrogen-bond acceptors (Lipinski definition) is 1. The van der Waals surface area contributed by atoms with E-state index in [2.05, 4.69) is 11.2 Å². The van der Waals surface area contributed by atoms with Gasteiger partial charge in [-0.1, -0.05) is 0 Å². The predicted octanol–water partition coefficient (Wildman–Crippen LogP) is 1.44. The van der Waals surface area contributed by atoms with E-state index in [1.54, 1.807) is 0 Å². The second-order valence-electron chi connectivity index (χ2n) is 2.28. The molecule has 10 heavy (non-hydrogen) atoms. The number of aryl methyl sites for hydroxylation is 1. The number of hydrogen-bond donors (Lipinski definition) is 0. The van der Waals surface area contributed by atoms with Crippen LogP contribution in [-0.4, -0.2) is 9.61 Å². The Bertz CT molecular complexity index is 349. The van der Waals surface area contributed by atoms with Gasteiger partial charge in [0, 0.05) is 12.3 Å². The lowest BCUT2D eigenvalue weighted by molar-refractivity contribution is 0.905. The molecule has 0 atom stereocenters. The summed E-state index contributed by atoms with van der Waals surface area (Å²) < 4.78 is 1.81. The van der Waals surface area contributed by atoms with Crippen LogP contribution in [0.3, 0.4) is 0 Å². The minimum absolute atomic E-state index is 1.03. The molecule has 0 fully saturated rings. The van der Waals surface area contributed by atoms with Gasteiger partial charge in [-0.05, 0) is 25.1 Å². The SMILES string of the molecule is Cc1ccc2c[c]cn2n1. The minimum Gasteiger partial charge on any atom is -0.240 e. The van der Waals surface area contributed by atoms with Crippen LogP contribution in [0.15, 0.2) is 24.4 Å². The number of nitrogens with zero attached hydrogens (tertiary/aromatic N) is 2. The second kappa shape index (κ2) is 1.84. The first-order valence-electron chi connectivity index (χ1n) is 3.18. The van der Waals surface area contributed by atoms with Crippen LogP contribution in [0, 0.1) is 13.0 Å². The normalized spacial score (nSPS) is 10.5. The van der Waals surface area contributed by atoms with Gasteiger partial charge in [-0.2, -0.15) is 5.10 Å². The molecular formula is C8H7N2. The topological polar surface area (TPSA) is 17.3 Å². The Labute approximate surface area is 59.1 Å². The van der Waals surface area contributed by atoms with Crippen LogP contribution in [-0.2, 0) is 0 Å². The van der Waals surface area contributed by atoms with E-state index in [-0.39, 0.29) is 0 Å². The van der Waals surface area contributed by atoms with Crippen LogP contribution in [0.2, 0.25) is 0 Å². The van der Waals surface area contributed by atoms with Crippen molar-refractivity contribution < 1.29 is 0 Å². The fraction of sp³-hybridized carbons (Fsp3) is 0.125. The lowest BCUT2D eigenvalue weighted by Crippen LogP contribution is -1.90. The molecule has 2 aromatic rings. The van der Waals surface area contributed by atoms with Gasteiger partial charge in [-0.15, -0.1) is 0 Å². The molecule has 2 aromatic heterocycles. The van der Waals surface area contributed by atoms with Gasteiger partial charge in [0.1, 0.15) is 0 Å². The summed E-state index contributed by atoms with van der Waals surface area (Å²) in [5, 5.41) is 4.22. The average Bonchev–Trinajstić information content (AvgIpc) is 2.33. The molecule has 2 heterocycles. The smallest absolute Gasteiger partial charge is 0.0653 e. The zero-order chi connectivity index (χ0) is 6.97. The van der Waals surface area contributed by atoms with Gasteiger partial charge in [0.2, 0.25) is 0 Å². The van der Waals surface area contributed by atoms with Gasteiger partial charge < -0.3 is 0 Å². The number of rotatable bonds is 0. The summed E-state index contributed by atoms with van der Waals surface area (Å²) in [7, 11) is 0. The van der Waals surface area contributed by atoms with Gasteiger partial charge in [-0.3, -0.25) is 0 Å². The van der Waals surface area contributed by atoms with E-state index >= 15 is 0 Å². The Morgan fingerprint density at radius 1 is 1.50 bits per heavy atom. The Morgan fingerprint density at radius 2 is 2.40 bits per heavy atom. The highest BCUT2D eigenvalue weighted by Crippen LogP contribution is 2.01. The lowest BCUT2D eigenvalue weighted by atomic mass is 10.4. The Kier molecular flexibility index (Phi) is 1.01. The molecule has 0 aliphatic heterocycles. The molecule has 0 bridgehead atoms. The second-order valence-corrected chi connectivity index (χ2v) is 2.28. The van der Waals surface area contributed by atoms with E-state index in [0.29, 0.717) is 0 Å². The van der Waals surface area contributed by atoms with Crippen molar-refractivity contribution in [2.75, 3.05) is 0 Å². The summed E-state index contributed by atoms with van der Waals surface area (Å²) in [5.74, 6) is 0. The van der Waals surface area contributed by atoms with E-state index in [1.165, 1.54) is 0 Å². The van der Waals surface area contributed by atoms with Crippen molar-refractivity contribution in [2.24, 2.45) is 0 Å². The molecule has 0 saturated carbocycles. The first-order chi connectivity index (χ1) is 4.86. The number of fused-ring (bicyclic) bond motifs is 1. The van der Waals surface area contributed by atoms with E-state index in [1.807, 2.05) is 35.8 Å². The van der Waals surface area contributed by atoms with Crippen molar-refractivity contribution in [3.8, 4) is 0 Å². The number of aromatic nitrogens is 2. The van der Waals surface area contributed by atoms with Crippen molar-refractivity contribution >= 4 is 5.52 Å². The summed E-state index contributed by atoms with van der Waals surface area (Å²) >= 11 is 0. The van der Waals surface area contributed by atoms with Gasteiger partial charge in [-0.25, -0.2) is 4.52 Å². The fourth-order valence-electron chi connectivity index (χ4n) is 0.954. The van der Waals surface area contributed by atoms with E-state index in [9.17, 15) is 0 Å². The molecule has 1 radical (unpaired) electrons. The highest BCUT2D eigenvalue weighted by molar-refractivity contribution is 5.45. The third-order valence-corrected chi connectivity index (χ3v) is 1.45. The zero-order valence-electron chi connectivity index (χ0n) is 5.70. The first kappa shape index (κ1) is 5.47. The van der Waals surface area contributed by atoms with Crippen molar-refractivity contribution in [1.29, 1.82) is 0 Å². The first-order valence-corrected chi connectivity index (χ1v) is 3.18. The third kappa shape index (κ3) is 0.692. The molecule has 2 rings (SSSR count). The Hall–Kier alpha value is -1.31. The van der Waals surface area contributed by atoms with Crippen LogP contribution in [0.1, 0.15) is 5.69 Å². The summed E-state index contributed by atoms with van der Waals surface area (Å²) in [6, 6.07) is 8.89. The van der Waals surface area contributed by atoms with Gasteiger partial charge in [0.25, 0.3) is 0 Å². The average molecular weight is 131 g/mol. The molecule has 0 aromatic carbocycles. The molecule has 0 saturated heterocycles. The molecule has 0 aliphatic rings. The maximum Gasteiger partial charge on any atom is 0.0653 e. The van der Waals surface area contributed by atoms with Crippen molar-refractivity contribution in [2.45, 2.75) is 6.92 Å². The summed E-state index contributed by atoms with van der Waals surface area (Å²) in [6.07, 6.45) is 1.82. The highest BCUT2D eigenvalue weighted by Gasteiger charge is 1.90. The molecule has 49 valence electrons. The van der Waals surface area contributed by atoms with Gasteiger partial charge >= 0.3 is 0 Å². The van der Waals surface area contributed by atoms with Crippen molar-refractivity contribution in [1.82, 2.24) is 9.61 Å². The van der Waals surface area contributed by atoms with Gasteiger partial charge in [0.05, 0.1) is 11.2 Å². The van der Waals surface area contributed by atoms with Crippen LogP contribution in [0.5, 0.6) is 0 Å². The quantitative estimate of drug-likeness (QED) is 0.529. The third-order valence-electron chi connectivity index (χ3n) is 1.45. The predicted molar refractivity (Wildman–Crippen MR) is 38.8 cm³/mol. The fourth-order valence-corrected chi connectivity index (χ4v) is 0.954. The summed E-state index contributed by atoms with van der Waals surface area (Å²) in [6.45, 7) is 1.97. The molecule has 0 spiro atoms. The maximum atomic E-state index is 4.22.